The molecule has 2 aromatic rings. The number of allylic oxidation sites excluding steroid dienone is 1. The van der Waals surface area contributed by atoms with Crippen molar-refractivity contribution < 1.29 is 14.6 Å². The molecule has 0 radical (unpaired) electrons. The molecule has 7 nitrogen and oxygen atoms in total. The first-order valence-corrected chi connectivity index (χ1v) is 10.5. The predicted octanol–water partition coefficient (Wildman–Crippen LogP) is 2.54. The van der Waals surface area contributed by atoms with Gasteiger partial charge in [0.15, 0.2) is 0 Å². The van der Waals surface area contributed by atoms with E-state index in [2.05, 4.69) is 9.88 Å². The first-order valence-electron chi connectivity index (χ1n) is 10.5. The Hall–Kier alpha value is -2.32. The van der Waals surface area contributed by atoms with E-state index in [1.54, 1.807) is 12.2 Å². The maximum atomic E-state index is 10.0. The van der Waals surface area contributed by atoms with Crippen LogP contribution in [0.2, 0.25) is 0 Å². The molecule has 0 spiro atoms. The van der Waals surface area contributed by atoms with E-state index >= 15 is 0 Å². The number of aliphatic hydroxyl groups excluding tert-OH is 1. The van der Waals surface area contributed by atoms with Gasteiger partial charge in [0.2, 0.25) is 0 Å². The zero-order chi connectivity index (χ0) is 21.4. The second-order valence-corrected chi connectivity index (χ2v) is 8.75. The molecule has 1 fully saturated rings. The maximum absolute atomic E-state index is 10.0. The molecular weight excluding hydrogens is 380 g/mol. The Morgan fingerprint density at radius 1 is 1.30 bits per heavy atom. The maximum Gasteiger partial charge on any atom is 0.120 e. The third-order valence-corrected chi connectivity index (χ3v) is 6.13. The number of nitrogens with one attached hydrogen (secondary N) is 1. The van der Waals surface area contributed by atoms with Gasteiger partial charge >= 0.3 is 0 Å². The van der Waals surface area contributed by atoms with E-state index in [-0.39, 0.29) is 5.76 Å². The van der Waals surface area contributed by atoms with Gasteiger partial charge in [-0.2, -0.15) is 0 Å². The summed E-state index contributed by atoms with van der Waals surface area (Å²) in [5, 5.41) is 11.0. The number of morpholine rings is 1. The van der Waals surface area contributed by atoms with Crippen molar-refractivity contribution in [3.8, 4) is 5.75 Å². The molecule has 162 valence electrons. The van der Waals surface area contributed by atoms with Gasteiger partial charge in [0, 0.05) is 41.8 Å². The molecule has 0 saturated carbocycles. The minimum absolute atomic E-state index is 0.205. The largest absolute Gasteiger partial charge is 0.508 e. The van der Waals surface area contributed by atoms with Crippen molar-refractivity contribution in [2.75, 3.05) is 39.5 Å². The molecule has 4 rings (SSSR count). The van der Waals surface area contributed by atoms with Crippen LogP contribution in [0.25, 0.3) is 10.9 Å². The van der Waals surface area contributed by atoms with E-state index in [0.29, 0.717) is 13.0 Å². The summed E-state index contributed by atoms with van der Waals surface area (Å²) in [6.45, 7) is 8.90. The minimum Gasteiger partial charge on any atom is -0.508 e. The highest BCUT2D eigenvalue weighted by atomic mass is 16.5. The van der Waals surface area contributed by atoms with Gasteiger partial charge < -0.3 is 31.0 Å². The first kappa shape index (κ1) is 20.9. The third kappa shape index (κ3) is 4.25. The molecule has 30 heavy (non-hydrogen) atoms. The fourth-order valence-electron chi connectivity index (χ4n) is 4.28. The SMILES string of the molecule is CC1(N)CC=C(O)C=C1C(C)(N)c1cc2cc(OCCN3CCOCC3)ccc2[nH]1. The monoisotopic (exact) mass is 412 g/mol. The van der Waals surface area contributed by atoms with Crippen LogP contribution in [-0.2, 0) is 10.3 Å². The number of aliphatic hydroxyl groups is 1. The Kier molecular flexibility index (Phi) is 5.63. The molecular formula is C23H32N4O3. The lowest BCUT2D eigenvalue weighted by Gasteiger charge is -2.39. The number of aromatic amines is 1. The second-order valence-electron chi connectivity index (χ2n) is 8.75. The van der Waals surface area contributed by atoms with Crippen LogP contribution in [0.4, 0.5) is 0 Å². The molecule has 2 aliphatic rings. The summed E-state index contributed by atoms with van der Waals surface area (Å²) < 4.78 is 11.4. The predicted molar refractivity (Wildman–Crippen MR) is 119 cm³/mol. The zero-order valence-electron chi connectivity index (χ0n) is 17.8. The average molecular weight is 413 g/mol. The molecule has 6 N–H and O–H groups in total. The van der Waals surface area contributed by atoms with Gasteiger partial charge in [0.1, 0.15) is 18.1 Å². The van der Waals surface area contributed by atoms with Crippen LogP contribution in [0, 0.1) is 0 Å². The normalized spacial score (nSPS) is 24.9. The Morgan fingerprint density at radius 3 is 2.83 bits per heavy atom. The van der Waals surface area contributed by atoms with Gasteiger partial charge in [-0.3, -0.25) is 4.90 Å². The molecule has 0 amide bonds. The van der Waals surface area contributed by atoms with Gasteiger partial charge in [-0.05, 0) is 62.3 Å². The van der Waals surface area contributed by atoms with Crippen LogP contribution >= 0.6 is 0 Å². The molecule has 2 heterocycles. The first-order chi connectivity index (χ1) is 14.3. The summed E-state index contributed by atoms with van der Waals surface area (Å²) in [5.74, 6) is 1.04. The highest BCUT2D eigenvalue weighted by molar-refractivity contribution is 5.82. The molecule has 2 unspecified atom stereocenters. The number of fused-ring (bicyclic) bond motifs is 1. The molecule has 1 aromatic carbocycles. The number of aromatic nitrogens is 1. The van der Waals surface area contributed by atoms with E-state index in [1.807, 2.05) is 38.1 Å². The second kappa shape index (κ2) is 8.07. The smallest absolute Gasteiger partial charge is 0.120 e. The molecule has 1 aromatic heterocycles. The van der Waals surface area contributed by atoms with Crippen molar-refractivity contribution in [1.82, 2.24) is 9.88 Å². The lowest BCUT2D eigenvalue weighted by Crippen LogP contribution is -2.51. The number of hydrogen-bond donors (Lipinski definition) is 4. The lowest BCUT2D eigenvalue weighted by atomic mass is 9.73. The van der Waals surface area contributed by atoms with Crippen molar-refractivity contribution >= 4 is 10.9 Å². The summed E-state index contributed by atoms with van der Waals surface area (Å²) in [6, 6.07) is 8.04. The van der Waals surface area contributed by atoms with Crippen LogP contribution in [0.15, 0.2) is 47.7 Å². The fourth-order valence-corrected chi connectivity index (χ4v) is 4.28. The van der Waals surface area contributed by atoms with Gasteiger partial charge in [-0.15, -0.1) is 0 Å². The molecule has 1 aliphatic carbocycles. The summed E-state index contributed by atoms with van der Waals surface area (Å²) >= 11 is 0. The average Bonchev–Trinajstić information content (AvgIpc) is 3.15. The molecule has 2 atom stereocenters. The van der Waals surface area contributed by atoms with Crippen molar-refractivity contribution in [1.29, 1.82) is 0 Å². The van der Waals surface area contributed by atoms with Gasteiger partial charge in [-0.1, -0.05) is 0 Å². The van der Waals surface area contributed by atoms with E-state index in [4.69, 9.17) is 20.9 Å². The number of nitrogens with two attached hydrogens (primary N) is 2. The van der Waals surface area contributed by atoms with E-state index in [1.165, 1.54) is 0 Å². The quantitative estimate of drug-likeness (QED) is 0.580. The number of ether oxygens (including phenoxy) is 2. The minimum atomic E-state index is -0.845. The molecule has 0 bridgehead atoms. The molecule has 1 saturated heterocycles. The van der Waals surface area contributed by atoms with Crippen LogP contribution in [0.1, 0.15) is 26.0 Å². The van der Waals surface area contributed by atoms with Crippen LogP contribution < -0.4 is 16.2 Å². The van der Waals surface area contributed by atoms with Crippen LogP contribution in [-0.4, -0.2) is 60.0 Å². The van der Waals surface area contributed by atoms with Crippen molar-refractivity contribution in [3.05, 3.63) is 53.4 Å². The highest BCUT2D eigenvalue weighted by Gasteiger charge is 2.39. The van der Waals surface area contributed by atoms with Gasteiger partial charge in [-0.25, -0.2) is 0 Å². The lowest BCUT2D eigenvalue weighted by molar-refractivity contribution is 0.0322. The Morgan fingerprint density at radius 2 is 2.07 bits per heavy atom. The van der Waals surface area contributed by atoms with E-state index in [0.717, 1.165) is 60.8 Å². The van der Waals surface area contributed by atoms with E-state index < -0.39 is 11.1 Å². The number of H-pyrrole nitrogens is 1. The fraction of sp³-hybridized carbons (Fsp3) is 0.478. The third-order valence-electron chi connectivity index (χ3n) is 6.13. The Balaban J connectivity index is 1.51. The van der Waals surface area contributed by atoms with Crippen molar-refractivity contribution in [2.45, 2.75) is 31.3 Å². The van der Waals surface area contributed by atoms with E-state index in [9.17, 15) is 5.11 Å². The van der Waals surface area contributed by atoms with Crippen molar-refractivity contribution in [3.63, 3.8) is 0 Å². The highest BCUT2D eigenvalue weighted by Crippen LogP contribution is 2.38. The zero-order valence-corrected chi connectivity index (χ0v) is 17.8. The summed E-state index contributed by atoms with van der Waals surface area (Å²) in [4.78, 5) is 5.77. The standard InChI is InChI=1S/C23H32N4O3/c1-22(24)6-5-17(28)15-20(22)23(2,25)21-14-16-13-18(3-4-19(16)26-21)30-12-9-27-7-10-29-11-8-27/h3-5,13-15,26,28H,6-12,24-25H2,1-2H3. The summed E-state index contributed by atoms with van der Waals surface area (Å²) in [6.07, 6.45) is 3.96. The summed E-state index contributed by atoms with van der Waals surface area (Å²) in [5.41, 5.74) is 14.4. The topological polar surface area (TPSA) is 110 Å². The van der Waals surface area contributed by atoms with Gasteiger partial charge in [0.05, 0.1) is 18.8 Å². The van der Waals surface area contributed by atoms with Crippen LogP contribution in [0.3, 0.4) is 0 Å². The number of nitrogens with zero attached hydrogens (tertiary/aromatic N) is 1. The van der Waals surface area contributed by atoms with Gasteiger partial charge in [0.25, 0.3) is 0 Å². The number of hydrogen-bond acceptors (Lipinski definition) is 6. The summed E-state index contributed by atoms with van der Waals surface area (Å²) in [7, 11) is 0. The Labute approximate surface area is 177 Å². The molecule has 1 aliphatic heterocycles. The number of rotatable bonds is 6. The Bertz CT molecular complexity index is 968. The molecule has 7 heteroatoms. The van der Waals surface area contributed by atoms with Crippen LogP contribution in [0.5, 0.6) is 5.75 Å². The number of benzene rings is 1. The van der Waals surface area contributed by atoms with Crippen molar-refractivity contribution in [2.24, 2.45) is 11.5 Å².